The van der Waals surface area contributed by atoms with E-state index in [0.29, 0.717) is 0 Å². The maximum Gasteiger partial charge on any atom is 0.157 e. The average molecular weight is 422 g/mol. The molecule has 0 radical (unpaired) electrons. The molecule has 2 unspecified atom stereocenters. The normalized spacial score (nSPS) is 14.4. The van der Waals surface area contributed by atoms with Crippen molar-refractivity contribution < 1.29 is 18.9 Å². The van der Waals surface area contributed by atoms with Crippen molar-refractivity contribution in [3.05, 3.63) is 0 Å². The second-order valence-electron chi connectivity index (χ2n) is 7.40. The highest BCUT2D eigenvalue weighted by Gasteiger charge is 2.14. The van der Waals surface area contributed by atoms with Crippen molar-refractivity contribution in [2.45, 2.75) is 89.9 Å². The first-order chi connectivity index (χ1) is 13.1. The Kier molecular flexibility index (Phi) is 19.7. The minimum absolute atomic E-state index is 0.00156. The first-order valence-corrected chi connectivity index (χ1v) is 13.5. The van der Waals surface area contributed by atoms with E-state index in [9.17, 15) is 0 Å². The van der Waals surface area contributed by atoms with Crippen LogP contribution in [-0.2, 0) is 18.9 Å². The van der Waals surface area contributed by atoms with Gasteiger partial charge in [-0.25, -0.2) is 0 Å². The van der Waals surface area contributed by atoms with E-state index >= 15 is 0 Å². The Balaban J connectivity index is 3.67. The molecule has 5 nitrogen and oxygen atoms in total. The van der Waals surface area contributed by atoms with Crippen LogP contribution in [0.3, 0.4) is 0 Å². The molecule has 0 aliphatic heterocycles. The highest BCUT2D eigenvalue weighted by atomic mass is 28.1. The van der Waals surface area contributed by atoms with Gasteiger partial charge in [0.05, 0.1) is 0 Å². The van der Waals surface area contributed by atoms with Crippen LogP contribution in [-0.4, -0.2) is 72.6 Å². The zero-order valence-electron chi connectivity index (χ0n) is 18.9. The summed E-state index contributed by atoms with van der Waals surface area (Å²) in [5.41, 5.74) is 1.55. The lowest BCUT2D eigenvalue weighted by atomic mass is 10.1. The molecule has 0 spiro atoms. The molecule has 0 aromatic rings. The van der Waals surface area contributed by atoms with E-state index in [1.807, 2.05) is 27.7 Å². The van der Waals surface area contributed by atoms with Crippen molar-refractivity contribution in [2.75, 3.05) is 39.5 Å². The SMILES string of the molecule is CCOC(CC([SiH3])CCCNCCCC([SiH3])CC(OCC)OCC)OCC. The van der Waals surface area contributed by atoms with Crippen molar-refractivity contribution in [1.29, 1.82) is 0 Å². The molecule has 0 fully saturated rings. The lowest BCUT2D eigenvalue weighted by Crippen LogP contribution is -2.22. The van der Waals surface area contributed by atoms with Gasteiger partial charge in [0.1, 0.15) is 0 Å². The molecule has 0 bridgehead atoms. The fourth-order valence-corrected chi connectivity index (χ4v) is 4.87. The maximum atomic E-state index is 5.66. The zero-order chi connectivity index (χ0) is 20.3. The summed E-state index contributed by atoms with van der Waals surface area (Å²) in [5, 5.41) is 3.61. The first kappa shape index (κ1) is 27.2. The van der Waals surface area contributed by atoms with Gasteiger partial charge >= 0.3 is 0 Å². The van der Waals surface area contributed by atoms with E-state index in [1.165, 1.54) is 46.2 Å². The first-order valence-electron chi connectivity index (χ1n) is 11.2. The van der Waals surface area contributed by atoms with E-state index in [1.54, 1.807) is 0 Å². The maximum absolute atomic E-state index is 5.66. The standard InChI is InChI=1S/C20H47NO4Si2/c1-5-22-19(23-6-2)15-17(26)11-9-13-21-14-10-12-18(27)16-20(24-7-3)25-8-4/h17-21H,5-16H2,1-4,26-27H3. The van der Waals surface area contributed by atoms with Crippen molar-refractivity contribution in [3.8, 4) is 0 Å². The lowest BCUT2D eigenvalue weighted by Gasteiger charge is -2.21. The molecular weight excluding hydrogens is 374 g/mol. The minimum atomic E-state index is -0.00156. The molecule has 0 saturated carbocycles. The van der Waals surface area contributed by atoms with Crippen LogP contribution in [0.1, 0.15) is 66.2 Å². The smallest absolute Gasteiger partial charge is 0.157 e. The molecular formula is C20H47NO4Si2. The summed E-state index contributed by atoms with van der Waals surface area (Å²) in [4.78, 5) is 0. The Morgan fingerprint density at radius 1 is 0.630 bits per heavy atom. The number of ether oxygens (including phenoxy) is 4. The summed E-state index contributed by atoms with van der Waals surface area (Å²) in [6, 6.07) is 0. The van der Waals surface area contributed by atoms with Crippen LogP contribution >= 0.6 is 0 Å². The van der Waals surface area contributed by atoms with Gasteiger partial charge in [-0.2, -0.15) is 0 Å². The molecule has 27 heavy (non-hydrogen) atoms. The molecule has 0 rings (SSSR count). The van der Waals surface area contributed by atoms with Crippen LogP contribution in [0, 0.1) is 0 Å². The molecule has 0 heterocycles. The van der Waals surface area contributed by atoms with Crippen molar-refractivity contribution in [3.63, 3.8) is 0 Å². The Morgan fingerprint density at radius 2 is 0.963 bits per heavy atom. The molecule has 2 atom stereocenters. The number of nitrogens with one attached hydrogen (secondary N) is 1. The van der Waals surface area contributed by atoms with Gasteiger partial charge < -0.3 is 24.3 Å². The van der Waals surface area contributed by atoms with Gasteiger partial charge in [-0.05, 0) is 77.6 Å². The summed E-state index contributed by atoms with van der Waals surface area (Å²) >= 11 is 0. The van der Waals surface area contributed by atoms with Gasteiger partial charge in [0, 0.05) is 46.9 Å². The van der Waals surface area contributed by atoms with E-state index in [4.69, 9.17) is 18.9 Å². The molecule has 0 aliphatic carbocycles. The fraction of sp³-hybridized carbons (Fsp3) is 1.00. The van der Waals surface area contributed by atoms with E-state index < -0.39 is 0 Å². The molecule has 7 heteroatoms. The molecule has 0 aliphatic rings. The van der Waals surface area contributed by atoms with Crippen LogP contribution in [0.25, 0.3) is 0 Å². The van der Waals surface area contributed by atoms with Gasteiger partial charge in [0.25, 0.3) is 0 Å². The molecule has 1 N–H and O–H groups in total. The summed E-state index contributed by atoms with van der Waals surface area (Å²) in [7, 11) is 2.42. The summed E-state index contributed by atoms with van der Waals surface area (Å²) in [5.74, 6) is 0. The molecule has 0 aromatic heterocycles. The summed E-state index contributed by atoms with van der Waals surface area (Å²) < 4.78 is 22.7. The minimum Gasteiger partial charge on any atom is -0.353 e. The number of rotatable bonds is 20. The second-order valence-corrected chi connectivity index (χ2v) is 10.7. The fourth-order valence-electron chi connectivity index (χ4n) is 3.28. The lowest BCUT2D eigenvalue weighted by molar-refractivity contribution is -0.140. The molecule has 164 valence electrons. The number of hydrogen-bond acceptors (Lipinski definition) is 5. The van der Waals surface area contributed by atoms with E-state index in [0.717, 1.165) is 63.4 Å². The third kappa shape index (κ3) is 16.9. The topological polar surface area (TPSA) is 49.0 Å². The molecule has 0 aromatic carbocycles. The van der Waals surface area contributed by atoms with Crippen molar-refractivity contribution >= 4 is 20.5 Å². The average Bonchev–Trinajstić information content (AvgIpc) is 2.61. The van der Waals surface area contributed by atoms with Crippen LogP contribution < -0.4 is 5.32 Å². The third-order valence-corrected chi connectivity index (χ3v) is 6.80. The van der Waals surface area contributed by atoms with Gasteiger partial charge in [-0.1, -0.05) is 12.8 Å². The predicted molar refractivity (Wildman–Crippen MR) is 122 cm³/mol. The summed E-state index contributed by atoms with van der Waals surface area (Å²) in [6.07, 6.45) is 7.16. The van der Waals surface area contributed by atoms with Crippen molar-refractivity contribution in [2.24, 2.45) is 0 Å². The highest BCUT2D eigenvalue weighted by Crippen LogP contribution is 2.19. The Bertz CT molecular complexity index is 274. The van der Waals surface area contributed by atoms with Crippen LogP contribution in [0.4, 0.5) is 0 Å². The molecule has 0 amide bonds. The number of hydrogen-bond donors (Lipinski definition) is 1. The second kappa shape index (κ2) is 19.5. The van der Waals surface area contributed by atoms with E-state index in [-0.39, 0.29) is 12.6 Å². The van der Waals surface area contributed by atoms with Gasteiger partial charge in [0.2, 0.25) is 0 Å². The van der Waals surface area contributed by atoms with Gasteiger partial charge in [0.15, 0.2) is 12.6 Å². The van der Waals surface area contributed by atoms with Crippen molar-refractivity contribution in [1.82, 2.24) is 5.32 Å². The quantitative estimate of drug-likeness (QED) is 0.185. The molecule has 0 saturated heterocycles. The zero-order valence-corrected chi connectivity index (χ0v) is 22.9. The monoisotopic (exact) mass is 421 g/mol. The van der Waals surface area contributed by atoms with Crippen LogP contribution in [0.15, 0.2) is 0 Å². The third-order valence-electron chi connectivity index (χ3n) is 4.70. The Hall–Kier alpha value is 0.234. The Labute approximate surface area is 174 Å². The van der Waals surface area contributed by atoms with Gasteiger partial charge in [-0.3, -0.25) is 0 Å². The summed E-state index contributed by atoms with van der Waals surface area (Å²) in [6.45, 7) is 13.3. The van der Waals surface area contributed by atoms with Gasteiger partial charge in [-0.15, -0.1) is 0 Å². The Morgan fingerprint density at radius 3 is 1.26 bits per heavy atom. The van der Waals surface area contributed by atoms with E-state index in [2.05, 4.69) is 5.32 Å². The van der Waals surface area contributed by atoms with Crippen LogP contribution in [0.5, 0.6) is 0 Å². The predicted octanol–water partition coefficient (Wildman–Crippen LogP) is 2.02. The highest BCUT2D eigenvalue weighted by molar-refractivity contribution is 6.11. The largest absolute Gasteiger partial charge is 0.353 e. The van der Waals surface area contributed by atoms with Crippen LogP contribution in [0.2, 0.25) is 11.1 Å².